The summed E-state index contributed by atoms with van der Waals surface area (Å²) in [6.45, 7) is 8.27. The molecule has 27 heavy (non-hydrogen) atoms. The third-order valence-corrected chi connectivity index (χ3v) is 4.73. The number of rotatable bonds is 8. The number of hydrogen-bond acceptors (Lipinski definition) is 4. The van der Waals surface area contributed by atoms with Gasteiger partial charge in [0, 0.05) is 38.8 Å². The van der Waals surface area contributed by atoms with E-state index in [0.29, 0.717) is 0 Å². The fraction of sp³-hybridized carbons (Fsp3) is 0.632. The molecule has 7 nitrogen and oxygen atoms in total. The van der Waals surface area contributed by atoms with Gasteiger partial charge in [-0.25, -0.2) is 0 Å². The molecule has 1 fully saturated rings. The van der Waals surface area contributed by atoms with Crippen molar-refractivity contribution in [2.45, 2.75) is 39.0 Å². The lowest BCUT2D eigenvalue weighted by atomic mass is 10.1. The third kappa shape index (κ3) is 6.91. The van der Waals surface area contributed by atoms with Gasteiger partial charge in [-0.2, -0.15) is 0 Å². The van der Waals surface area contributed by atoms with E-state index in [1.807, 2.05) is 28.8 Å². The Morgan fingerprint density at radius 3 is 2.81 bits per heavy atom. The van der Waals surface area contributed by atoms with E-state index in [9.17, 15) is 0 Å². The molecule has 0 aliphatic carbocycles. The van der Waals surface area contributed by atoms with Gasteiger partial charge >= 0.3 is 0 Å². The number of likely N-dealkylation sites (tertiary alicyclic amines) is 1. The van der Waals surface area contributed by atoms with Crippen LogP contribution in [0.1, 0.15) is 38.4 Å². The number of pyridine rings is 1. The number of halogens is 1. The second kappa shape index (κ2) is 12.1. The fourth-order valence-electron chi connectivity index (χ4n) is 3.35. The molecule has 0 unspecified atom stereocenters. The molecule has 2 aromatic heterocycles. The standard InChI is InChI=1S/C19H31N7.HI/c1-2-20-19(22-12-16-25-13-5-3-6-14-25)21-11-8-10-18-24-23-17-9-4-7-15-26(17)18;/h4,7,9,15H,2-3,5-6,8,10-14,16H2,1H3,(H2,20,21,22);1H. The largest absolute Gasteiger partial charge is 0.357 e. The van der Waals surface area contributed by atoms with E-state index in [4.69, 9.17) is 4.99 Å². The molecule has 3 heterocycles. The van der Waals surface area contributed by atoms with Crippen LogP contribution >= 0.6 is 24.0 Å². The van der Waals surface area contributed by atoms with Gasteiger partial charge in [0.25, 0.3) is 0 Å². The maximum Gasteiger partial charge on any atom is 0.191 e. The minimum atomic E-state index is 0. The molecule has 1 saturated heterocycles. The van der Waals surface area contributed by atoms with Crippen LogP contribution in [-0.2, 0) is 6.42 Å². The Kier molecular flexibility index (Phi) is 9.82. The number of nitrogens with zero attached hydrogens (tertiary/aromatic N) is 5. The van der Waals surface area contributed by atoms with E-state index >= 15 is 0 Å². The van der Waals surface area contributed by atoms with Gasteiger partial charge in [0.2, 0.25) is 0 Å². The van der Waals surface area contributed by atoms with Gasteiger partial charge < -0.3 is 15.5 Å². The van der Waals surface area contributed by atoms with Crippen molar-refractivity contribution in [1.82, 2.24) is 30.1 Å². The first-order valence-electron chi connectivity index (χ1n) is 9.90. The number of hydrogen-bond donors (Lipinski definition) is 2. The Labute approximate surface area is 179 Å². The molecule has 0 amide bonds. The highest BCUT2D eigenvalue weighted by molar-refractivity contribution is 14.0. The van der Waals surface area contributed by atoms with Crippen LogP contribution in [0.3, 0.4) is 0 Å². The number of aryl methyl sites for hydroxylation is 1. The highest BCUT2D eigenvalue weighted by atomic mass is 127. The van der Waals surface area contributed by atoms with Crippen LogP contribution in [0.15, 0.2) is 29.4 Å². The van der Waals surface area contributed by atoms with Gasteiger partial charge in [0.1, 0.15) is 5.82 Å². The summed E-state index contributed by atoms with van der Waals surface area (Å²) in [7, 11) is 0. The van der Waals surface area contributed by atoms with Crippen LogP contribution in [0.25, 0.3) is 5.65 Å². The van der Waals surface area contributed by atoms with Crippen molar-refractivity contribution in [2.75, 3.05) is 39.3 Å². The van der Waals surface area contributed by atoms with Gasteiger partial charge in [0.15, 0.2) is 11.6 Å². The van der Waals surface area contributed by atoms with Crippen LogP contribution in [0.4, 0.5) is 0 Å². The zero-order chi connectivity index (χ0) is 18.0. The summed E-state index contributed by atoms with van der Waals surface area (Å²) in [4.78, 5) is 7.23. The van der Waals surface area contributed by atoms with Crippen molar-refractivity contribution < 1.29 is 0 Å². The third-order valence-electron chi connectivity index (χ3n) is 4.73. The first-order valence-corrected chi connectivity index (χ1v) is 9.90. The molecular formula is C19H32IN7. The number of guanidine groups is 1. The predicted molar refractivity (Wildman–Crippen MR) is 121 cm³/mol. The predicted octanol–water partition coefficient (Wildman–Crippen LogP) is 2.32. The van der Waals surface area contributed by atoms with E-state index in [1.54, 1.807) is 0 Å². The van der Waals surface area contributed by atoms with E-state index in [0.717, 1.165) is 56.5 Å². The van der Waals surface area contributed by atoms with Crippen molar-refractivity contribution >= 4 is 35.6 Å². The second-order valence-corrected chi connectivity index (χ2v) is 6.74. The van der Waals surface area contributed by atoms with Crippen molar-refractivity contribution in [1.29, 1.82) is 0 Å². The maximum absolute atomic E-state index is 4.69. The lowest BCUT2D eigenvalue weighted by molar-refractivity contribution is 0.232. The molecule has 0 radical (unpaired) electrons. The molecule has 0 atom stereocenters. The van der Waals surface area contributed by atoms with Gasteiger partial charge in [0.05, 0.1) is 0 Å². The molecule has 1 aliphatic heterocycles. The first kappa shape index (κ1) is 21.9. The van der Waals surface area contributed by atoms with Gasteiger partial charge in [-0.15, -0.1) is 34.2 Å². The van der Waals surface area contributed by atoms with Crippen LogP contribution < -0.4 is 10.6 Å². The maximum atomic E-state index is 4.69. The molecule has 0 aromatic carbocycles. The Morgan fingerprint density at radius 1 is 1.15 bits per heavy atom. The van der Waals surface area contributed by atoms with E-state index in [2.05, 4.69) is 32.7 Å². The van der Waals surface area contributed by atoms with Crippen LogP contribution in [-0.4, -0.2) is 64.7 Å². The number of aliphatic imine (C=N–C) groups is 1. The summed E-state index contributed by atoms with van der Waals surface area (Å²) in [6.07, 6.45) is 7.91. The Morgan fingerprint density at radius 2 is 2.00 bits per heavy atom. The van der Waals surface area contributed by atoms with E-state index in [-0.39, 0.29) is 24.0 Å². The summed E-state index contributed by atoms with van der Waals surface area (Å²) >= 11 is 0. The number of piperidine rings is 1. The van der Waals surface area contributed by atoms with Gasteiger partial charge in [-0.1, -0.05) is 12.5 Å². The summed E-state index contributed by atoms with van der Waals surface area (Å²) in [5.74, 6) is 1.91. The highest BCUT2D eigenvalue weighted by Crippen LogP contribution is 2.07. The van der Waals surface area contributed by atoms with E-state index in [1.165, 1.54) is 32.4 Å². The summed E-state index contributed by atoms with van der Waals surface area (Å²) in [5.41, 5.74) is 0.902. The van der Waals surface area contributed by atoms with Crippen molar-refractivity contribution in [3.05, 3.63) is 30.2 Å². The molecule has 8 heteroatoms. The number of nitrogens with one attached hydrogen (secondary N) is 2. The van der Waals surface area contributed by atoms with Gasteiger partial charge in [-0.05, 0) is 51.4 Å². The summed E-state index contributed by atoms with van der Waals surface area (Å²) in [6, 6.07) is 5.97. The average Bonchev–Trinajstić information content (AvgIpc) is 3.09. The molecule has 0 spiro atoms. The molecule has 3 rings (SSSR count). The number of aromatic nitrogens is 3. The highest BCUT2D eigenvalue weighted by Gasteiger charge is 2.09. The normalized spacial score (nSPS) is 15.5. The second-order valence-electron chi connectivity index (χ2n) is 6.74. The molecule has 2 aromatic rings. The summed E-state index contributed by atoms with van der Waals surface area (Å²) in [5, 5.41) is 15.3. The Bertz CT molecular complexity index is 694. The van der Waals surface area contributed by atoms with Crippen LogP contribution in [0, 0.1) is 0 Å². The van der Waals surface area contributed by atoms with E-state index < -0.39 is 0 Å². The van der Waals surface area contributed by atoms with Crippen molar-refractivity contribution in [3.8, 4) is 0 Å². The molecule has 1 aliphatic rings. The monoisotopic (exact) mass is 485 g/mol. The lowest BCUT2D eigenvalue weighted by Crippen LogP contribution is -2.42. The van der Waals surface area contributed by atoms with Crippen molar-refractivity contribution in [2.24, 2.45) is 4.99 Å². The zero-order valence-corrected chi connectivity index (χ0v) is 18.6. The fourth-order valence-corrected chi connectivity index (χ4v) is 3.35. The molecule has 150 valence electrons. The van der Waals surface area contributed by atoms with Crippen LogP contribution in [0.5, 0.6) is 0 Å². The smallest absolute Gasteiger partial charge is 0.191 e. The lowest BCUT2D eigenvalue weighted by Gasteiger charge is -2.26. The molecule has 0 saturated carbocycles. The quantitative estimate of drug-likeness (QED) is 0.260. The SMILES string of the molecule is CCNC(=NCCCc1nnc2ccccn12)NCCN1CCCCC1.I. The Hall–Kier alpha value is -1.42. The number of fused-ring (bicyclic) bond motifs is 1. The van der Waals surface area contributed by atoms with Gasteiger partial charge in [-0.3, -0.25) is 9.39 Å². The zero-order valence-electron chi connectivity index (χ0n) is 16.2. The summed E-state index contributed by atoms with van der Waals surface area (Å²) < 4.78 is 2.05. The molecule has 0 bridgehead atoms. The van der Waals surface area contributed by atoms with Crippen molar-refractivity contribution in [3.63, 3.8) is 0 Å². The minimum absolute atomic E-state index is 0. The Balaban J connectivity index is 0.00000261. The molecular weight excluding hydrogens is 453 g/mol. The minimum Gasteiger partial charge on any atom is -0.357 e. The first-order chi connectivity index (χ1) is 12.9. The van der Waals surface area contributed by atoms with Crippen LogP contribution in [0.2, 0.25) is 0 Å². The molecule has 2 N–H and O–H groups in total. The average molecular weight is 485 g/mol. The topological polar surface area (TPSA) is 69.8 Å².